The van der Waals surface area contributed by atoms with Crippen molar-refractivity contribution in [1.29, 1.82) is 0 Å². The van der Waals surface area contributed by atoms with Crippen LogP contribution in [0.1, 0.15) is 19.8 Å². The monoisotopic (exact) mass is 211 g/mol. The standard InChI is InChI=1S/C7H14FNO3S/c1-6(13(10,11)12)7(8)2-4-9-5-3-7/h6,9H,2-5H2,1H3,(H,10,11,12). The van der Waals surface area contributed by atoms with E-state index in [9.17, 15) is 12.8 Å². The highest BCUT2D eigenvalue weighted by molar-refractivity contribution is 7.86. The van der Waals surface area contributed by atoms with Crippen LogP contribution in [-0.2, 0) is 10.1 Å². The van der Waals surface area contributed by atoms with Gasteiger partial charge < -0.3 is 5.32 Å². The summed E-state index contributed by atoms with van der Waals surface area (Å²) >= 11 is 0. The van der Waals surface area contributed by atoms with Crippen molar-refractivity contribution in [1.82, 2.24) is 5.32 Å². The number of alkyl halides is 1. The van der Waals surface area contributed by atoms with Crippen molar-refractivity contribution in [3.05, 3.63) is 0 Å². The molecule has 0 saturated carbocycles. The lowest BCUT2D eigenvalue weighted by Crippen LogP contribution is -2.48. The highest BCUT2D eigenvalue weighted by atomic mass is 32.2. The summed E-state index contributed by atoms with van der Waals surface area (Å²) in [5, 5.41) is 1.60. The van der Waals surface area contributed by atoms with E-state index in [0.29, 0.717) is 13.1 Å². The first-order valence-corrected chi connectivity index (χ1v) is 5.72. The minimum absolute atomic E-state index is 0.133. The summed E-state index contributed by atoms with van der Waals surface area (Å²) < 4.78 is 44.1. The summed E-state index contributed by atoms with van der Waals surface area (Å²) in [4.78, 5) is 0. The molecular weight excluding hydrogens is 197 g/mol. The molecular formula is C7H14FNO3S. The fourth-order valence-electron chi connectivity index (χ4n) is 1.52. The summed E-state index contributed by atoms with van der Waals surface area (Å²) in [6, 6.07) is 0. The van der Waals surface area contributed by atoms with Gasteiger partial charge in [0.2, 0.25) is 0 Å². The molecule has 0 aliphatic carbocycles. The predicted molar refractivity (Wildman–Crippen MR) is 47.0 cm³/mol. The van der Waals surface area contributed by atoms with E-state index in [0.717, 1.165) is 0 Å². The van der Waals surface area contributed by atoms with Crippen LogP contribution in [0.4, 0.5) is 4.39 Å². The second kappa shape index (κ2) is 3.51. The number of hydrogen-bond acceptors (Lipinski definition) is 3. The minimum atomic E-state index is -4.26. The third-order valence-corrected chi connectivity index (χ3v) is 3.93. The van der Waals surface area contributed by atoms with Crippen molar-refractivity contribution < 1.29 is 17.4 Å². The molecule has 1 aliphatic heterocycles. The summed E-state index contributed by atoms with van der Waals surface area (Å²) in [5.41, 5.74) is -1.78. The zero-order chi connectivity index (χ0) is 10.1. The maximum atomic E-state index is 13.9. The first kappa shape index (κ1) is 10.9. The van der Waals surface area contributed by atoms with Gasteiger partial charge in [0.25, 0.3) is 10.1 Å². The molecule has 13 heavy (non-hydrogen) atoms. The lowest BCUT2D eigenvalue weighted by molar-refractivity contribution is 0.111. The highest BCUT2D eigenvalue weighted by Crippen LogP contribution is 2.30. The Morgan fingerprint density at radius 2 is 1.92 bits per heavy atom. The number of halogens is 1. The highest BCUT2D eigenvalue weighted by Gasteiger charge is 2.43. The van der Waals surface area contributed by atoms with E-state index in [4.69, 9.17) is 4.55 Å². The molecule has 4 nitrogen and oxygen atoms in total. The Morgan fingerprint density at radius 1 is 1.46 bits per heavy atom. The number of hydrogen-bond donors (Lipinski definition) is 2. The van der Waals surface area contributed by atoms with Gasteiger partial charge in [-0.3, -0.25) is 4.55 Å². The van der Waals surface area contributed by atoms with Crippen molar-refractivity contribution >= 4 is 10.1 Å². The van der Waals surface area contributed by atoms with E-state index in [1.165, 1.54) is 6.92 Å². The van der Waals surface area contributed by atoms with Crippen LogP contribution >= 0.6 is 0 Å². The van der Waals surface area contributed by atoms with E-state index < -0.39 is 21.0 Å². The quantitative estimate of drug-likeness (QED) is 0.647. The van der Waals surface area contributed by atoms with Gasteiger partial charge >= 0.3 is 0 Å². The fraction of sp³-hybridized carbons (Fsp3) is 1.00. The van der Waals surface area contributed by atoms with Crippen LogP contribution < -0.4 is 5.32 Å². The van der Waals surface area contributed by atoms with Gasteiger partial charge in [-0.05, 0) is 32.9 Å². The van der Waals surface area contributed by atoms with Gasteiger partial charge in [0, 0.05) is 0 Å². The molecule has 1 unspecified atom stereocenters. The van der Waals surface area contributed by atoms with Gasteiger partial charge in [0.15, 0.2) is 0 Å². The van der Waals surface area contributed by atoms with Crippen LogP contribution in [0.5, 0.6) is 0 Å². The number of rotatable bonds is 2. The van der Waals surface area contributed by atoms with Crippen LogP contribution in [0.2, 0.25) is 0 Å². The number of nitrogens with one attached hydrogen (secondary N) is 1. The third-order valence-electron chi connectivity index (χ3n) is 2.61. The Balaban J connectivity index is 2.79. The second-order valence-corrected chi connectivity index (χ2v) is 5.18. The maximum absolute atomic E-state index is 13.9. The van der Waals surface area contributed by atoms with Gasteiger partial charge in [-0.1, -0.05) is 0 Å². The third kappa shape index (κ3) is 2.38. The van der Waals surface area contributed by atoms with Crippen molar-refractivity contribution in [2.45, 2.75) is 30.7 Å². The molecule has 0 aromatic rings. The lowest BCUT2D eigenvalue weighted by Gasteiger charge is -2.33. The van der Waals surface area contributed by atoms with Crippen LogP contribution in [0.3, 0.4) is 0 Å². The van der Waals surface area contributed by atoms with E-state index in [-0.39, 0.29) is 12.8 Å². The molecule has 1 saturated heterocycles. The Hall–Kier alpha value is -0.200. The van der Waals surface area contributed by atoms with Gasteiger partial charge in [0.1, 0.15) is 10.9 Å². The van der Waals surface area contributed by atoms with E-state index in [2.05, 4.69) is 5.32 Å². The molecule has 1 aliphatic rings. The molecule has 0 spiro atoms. The molecule has 0 radical (unpaired) electrons. The molecule has 0 aromatic heterocycles. The van der Waals surface area contributed by atoms with Gasteiger partial charge in [-0.25, -0.2) is 4.39 Å². The predicted octanol–water partition coefficient (Wildman–Crippen LogP) is 0.354. The molecule has 0 amide bonds. The summed E-state index contributed by atoms with van der Waals surface area (Å²) in [7, 11) is -4.26. The van der Waals surface area contributed by atoms with Crippen molar-refractivity contribution in [3.8, 4) is 0 Å². The molecule has 1 atom stereocenters. The Labute approximate surface area is 77.3 Å². The van der Waals surface area contributed by atoms with Crippen LogP contribution in [0, 0.1) is 0 Å². The molecule has 0 bridgehead atoms. The van der Waals surface area contributed by atoms with Gasteiger partial charge in [0.05, 0.1) is 0 Å². The molecule has 78 valence electrons. The van der Waals surface area contributed by atoms with Gasteiger partial charge in [-0.2, -0.15) is 8.42 Å². The summed E-state index contributed by atoms with van der Waals surface area (Å²) in [5.74, 6) is 0. The Bertz CT molecular complexity index is 271. The summed E-state index contributed by atoms with van der Waals surface area (Å²) in [6.07, 6.45) is 0.266. The van der Waals surface area contributed by atoms with Crippen LogP contribution in [0.25, 0.3) is 0 Å². The van der Waals surface area contributed by atoms with Crippen molar-refractivity contribution in [2.75, 3.05) is 13.1 Å². The Kier molecular flexibility index (Phi) is 2.94. The topological polar surface area (TPSA) is 66.4 Å². The second-order valence-electron chi connectivity index (χ2n) is 3.44. The van der Waals surface area contributed by atoms with E-state index >= 15 is 0 Å². The van der Waals surface area contributed by atoms with Crippen molar-refractivity contribution in [3.63, 3.8) is 0 Å². The maximum Gasteiger partial charge on any atom is 0.270 e. The van der Waals surface area contributed by atoms with E-state index in [1.807, 2.05) is 0 Å². The molecule has 1 fully saturated rings. The van der Waals surface area contributed by atoms with Gasteiger partial charge in [-0.15, -0.1) is 0 Å². The van der Waals surface area contributed by atoms with Crippen LogP contribution in [-0.4, -0.2) is 37.0 Å². The molecule has 2 N–H and O–H groups in total. The van der Waals surface area contributed by atoms with Crippen LogP contribution in [0.15, 0.2) is 0 Å². The van der Waals surface area contributed by atoms with Crippen molar-refractivity contribution in [2.24, 2.45) is 0 Å². The largest absolute Gasteiger partial charge is 0.316 e. The molecule has 1 heterocycles. The molecule has 0 aromatic carbocycles. The first-order valence-electron chi connectivity index (χ1n) is 4.22. The summed E-state index contributed by atoms with van der Waals surface area (Å²) in [6.45, 7) is 2.12. The minimum Gasteiger partial charge on any atom is -0.316 e. The first-order chi connectivity index (χ1) is 5.86. The fourth-order valence-corrected chi connectivity index (χ4v) is 2.29. The average molecular weight is 211 g/mol. The number of piperidine rings is 1. The zero-order valence-corrected chi connectivity index (χ0v) is 8.27. The Morgan fingerprint density at radius 3 is 2.31 bits per heavy atom. The van der Waals surface area contributed by atoms with E-state index in [1.54, 1.807) is 0 Å². The zero-order valence-electron chi connectivity index (χ0n) is 7.46. The normalized spacial score (nSPS) is 25.5. The lowest BCUT2D eigenvalue weighted by atomic mass is 9.91. The SMILES string of the molecule is CC(C1(F)CCNCC1)S(=O)(=O)O. The molecule has 6 heteroatoms. The molecule has 1 rings (SSSR count). The average Bonchev–Trinajstić information content (AvgIpc) is 2.03. The smallest absolute Gasteiger partial charge is 0.270 e.